The summed E-state index contributed by atoms with van der Waals surface area (Å²) >= 11 is 0. The summed E-state index contributed by atoms with van der Waals surface area (Å²) in [5.41, 5.74) is 1.62. The Labute approximate surface area is 125 Å². The number of nitrogens with zero attached hydrogens (tertiary/aromatic N) is 2. The molecule has 0 fully saturated rings. The minimum atomic E-state index is -0.342. The van der Waals surface area contributed by atoms with Crippen LogP contribution in [0.1, 0.15) is 32.3 Å². The average Bonchev–Trinajstić information content (AvgIpc) is 2.49. The van der Waals surface area contributed by atoms with E-state index in [-0.39, 0.29) is 17.2 Å². The predicted octanol–water partition coefficient (Wildman–Crippen LogP) is 2.62. The van der Waals surface area contributed by atoms with Gasteiger partial charge in [-0.05, 0) is 31.0 Å². The molecule has 2 N–H and O–H groups in total. The van der Waals surface area contributed by atoms with Gasteiger partial charge in [-0.1, -0.05) is 19.9 Å². The molecule has 1 aromatic rings. The van der Waals surface area contributed by atoms with Crippen LogP contribution in [-0.4, -0.2) is 41.2 Å². The minimum Gasteiger partial charge on any atom is -0.396 e. The SMILES string of the molecule is CCCNc1ccc(CN(CC)CCCO)cc1[N+](=O)[O-]. The fourth-order valence-electron chi connectivity index (χ4n) is 2.14. The van der Waals surface area contributed by atoms with Gasteiger partial charge in [0, 0.05) is 32.3 Å². The minimum absolute atomic E-state index is 0.124. The molecule has 6 heteroatoms. The molecule has 0 aliphatic carbocycles. The van der Waals surface area contributed by atoms with Crippen LogP contribution in [0.4, 0.5) is 11.4 Å². The molecule has 118 valence electrons. The molecule has 0 aliphatic heterocycles. The molecule has 0 atom stereocenters. The van der Waals surface area contributed by atoms with Crippen LogP contribution in [0.15, 0.2) is 18.2 Å². The number of aliphatic hydroxyl groups excluding tert-OH is 1. The Balaban J connectivity index is 2.83. The Morgan fingerprint density at radius 3 is 2.71 bits per heavy atom. The molecule has 0 heterocycles. The van der Waals surface area contributed by atoms with E-state index in [1.165, 1.54) is 0 Å². The fourth-order valence-corrected chi connectivity index (χ4v) is 2.14. The van der Waals surface area contributed by atoms with Crippen molar-refractivity contribution >= 4 is 11.4 Å². The molecule has 1 aromatic carbocycles. The quantitative estimate of drug-likeness (QED) is 0.512. The van der Waals surface area contributed by atoms with Gasteiger partial charge in [-0.15, -0.1) is 0 Å². The van der Waals surface area contributed by atoms with Gasteiger partial charge in [0.05, 0.1) is 4.92 Å². The van der Waals surface area contributed by atoms with Crippen LogP contribution in [0, 0.1) is 10.1 Å². The lowest BCUT2D eigenvalue weighted by atomic mass is 10.1. The third kappa shape index (κ3) is 5.69. The molecule has 0 saturated heterocycles. The van der Waals surface area contributed by atoms with E-state index in [1.807, 2.05) is 19.9 Å². The molecule has 0 unspecified atom stereocenters. The molecule has 0 aliphatic rings. The average molecular weight is 295 g/mol. The molecule has 0 radical (unpaired) electrons. The second-order valence-electron chi connectivity index (χ2n) is 4.98. The lowest BCUT2D eigenvalue weighted by molar-refractivity contribution is -0.384. The van der Waals surface area contributed by atoms with Crippen molar-refractivity contribution < 1.29 is 10.0 Å². The first-order chi connectivity index (χ1) is 10.1. The Morgan fingerprint density at radius 2 is 2.14 bits per heavy atom. The highest BCUT2D eigenvalue weighted by Crippen LogP contribution is 2.26. The van der Waals surface area contributed by atoms with Crippen molar-refractivity contribution in [3.8, 4) is 0 Å². The summed E-state index contributed by atoms with van der Waals surface area (Å²) in [5.74, 6) is 0. The van der Waals surface area contributed by atoms with Gasteiger partial charge in [0.15, 0.2) is 0 Å². The second kappa shape index (κ2) is 9.31. The zero-order valence-electron chi connectivity index (χ0n) is 12.8. The number of nitro groups is 1. The van der Waals surface area contributed by atoms with Crippen LogP contribution in [0.2, 0.25) is 0 Å². The topological polar surface area (TPSA) is 78.6 Å². The molecule has 0 spiro atoms. The third-order valence-electron chi connectivity index (χ3n) is 3.31. The Kier molecular flexibility index (Phi) is 7.71. The van der Waals surface area contributed by atoms with E-state index in [4.69, 9.17) is 5.11 Å². The van der Waals surface area contributed by atoms with Crippen molar-refractivity contribution in [1.29, 1.82) is 0 Å². The summed E-state index contributed by atoms with van der Waals surface area (Å²) in [4.78, 5) is 13.0. The van der Waals surface area contributed by atoms with Crippen LogP contribution in [0.5, 0.6) is 0 Å². The van der Waals surface area contributed by atoms with Gasteiger partial charge >= 0.3 is 0 Å². The number of hydrogen-bond donors (Lipinski definition) is 2. The number of nitrogens with one attached hydrogen (secondary N) is 1. The van der Waals surface area contributed by atoms with Crippen LogP contribution >= 0.6 is 0 Å². The van der Waals surface area contributed by atoms with Crippen LogP contribution in [0.3, 0.4) is 0 Å². The van der Waals surface area contributed by atoms with Crippen molar-refractivity contribution in [2.45, 2.75) is 33.2 Å². The summed E-state index contributed by atoms with van der Waals surface area (Å²) in [6.45, 7) is 7.25. The van der Waals surface area contributed by atoms with Crippen molar-refractivity contribution in [1.82, 2.24) is 4.90 Å². The fraction of sp³-hybridized carbons (Fsp3) is 0.600. The molecule has 21 heavy (non-hydrogen) atoms. The Hall–Kier alpha value is -1.66. The molecule has 0 bridgehead atoms. The maximum absolute atomic E-state index is 11.2. The van der Waals surface area contributed by atoms with Crippen LogP contribution in [0.25, 0.3) is 0 Å². The van der Waals surface area contributed by atoms with E-state index < -0.39 is 0 Å². The summed E-state index contributed by atoms with van der Waals surface area (Å²) in [7, 11) is 0. The molecule has 6 nitrogen and oxygen atoms in total. The van der Waals surface area contributed by atoms with Crippen molar-refractivity contribution in [3.63, 3.8) is 0 Å². The van der Waals surface area contributed by atoms with Gasteiger partial charge in [-0.3, -0.25) is 15.0 Å². The monoisotopic (exact) mass is 295 g/mol. The first-order valence-electron chi connectivity index (χ1n) is 7.46. The molecule has 0 saturated carbocycles. The van der Waals surface area contributed by atoms with Crippen molar-refractivity contribution in [3.05, 3.63) is 33.9 Å². The predicted molar refractivity (Wildman–Crippen MR) is 84.5 cm³/mol. The van der Waals surface area contributed by atoms with Gasteiger partial charge in [0.2, 0.25) is 0 Å². The zero-order valence-corrected chi connectivity index (χ0v) is 12.8. The summed E-state index contributed by atoms with van der Waals surface area (Å²) in [5, 5.41) is 23.2. The van der Waals surface area contributed by atoms with E-state index >= 15 is 0 Å². The highest BCUT2D eigenvalue weighted by Gasteiger charge is 2.15. The van der Waals surface area contributed by atoms with Gasteiger partial charge in [0.1, 0.15) is 5.69 Å². The van der Waals surface area contributed by atoms with Crippen LogP contribution < -0.4 is 5.32 Å². The highest BCUT2D eigenvalue weighted by molar-refractivity contribution is 5.62. The number of anilines is 1. The maximum Gasteiger partial charge on any atom is 0.292 e. The number of aliphatic hydroxyl groups is 1. The molecular weight excluding hydrogens is 270 g/mol. The van der Waals surface area contributed by atoms with Gasteiger partial charge in [0.25, 0.3) is 5.69 Å². The van der Waals surface area contributed by atoms with E-state index in [9.17, 15) is 10.1 Å². The van der Waals surface area contributed by atoms with Crippen molar-refractivity contribution in [2.75, 3.05) is 31.6 Å². The lowest BCUT2D eigenvalue weighted by Crippen LogP contribution is -2.24. The van der Waals surface area contributed by atoms with E-state index in [0.717, 1.165) is 31.6 Å². The Bertz CT molecular complexity index is 452. The second-order valence-corrected chi connectivity index (χ2v) is 4.98. The van der Waals surface area contributed by atoms with Gasteiger partial charge in [-0.25, -0.2) is 0 Å². The van der Waals surface area contributed by atoms with Gasteiger partial charge in [-0.2, -0.15) is 0 Å². The third-order valence-corrected chi connectivity index (χ3v) is 3.31. The van der Waals surface area contributed by atoms with E-state index in [1.54, 1.807) is 12.1 Å². The van der Waals surface area contributed by atoms with Crippen molar-refractivity contribution in [2.24, 2.45) is 0 Å². The smallest absolute Gasteiger partial charge is 0.292 e. The van der Waals surface area contributed by atoms with Crippen LogP contribution in [-0.2, 0) is 6.54 Å². The number of hydrogen-bond acceptors (Lipinski definition) is 5. The maximum atomic E-state index is 11.2. The first-order valence-corrected chi connectivity index (χ1v) is 7.46. The largest absolute Gasteiger partial charge is 0.396 e. The zero-order chi connectivity index (χ0) is 15.7. The highest BCUT2D eigenvalue weighted by atomic mass is 16.6. The van der Waals surface area contributed by atoms with E-state index in [0.29, 0.717) is 18.7 Å². The molecule has 1 rings (SSSR count). The molecule has 0 amide bonds. The standard InChI is InChI=1S/C15H25N3O3/c1-3-8-16-14-7-6-13(11-15(14)18(20)21)12-17(4-2)9-5-10-19/h6-7,11,16,19H,3-5,8-10,12H2,1-2H3. The normalized spacial score (nSPS) is 10.9. The summed E-state index contributed by atoms with van der Waals surface area (Å²) in [6, 6.07) is 5.34. The first kappa shape index (κ1) is 17.4. The van der Waals surface area contributed by atoms with Gasteiger partial charge < -0.3 is 10.4 Å². The summed E-state index contributed by atoms with van der Waals surface area (Å²) in [6.07, 6.45) is 1.63. The lowest BCUT2D eigenvalue weighted by Gasteiger charge is -2.20. The number of rotatable bonds is 10. The molecular formula is C15H25N3O3. The molecule has 0 aromatic heterocycles. The van der Waals surface area contributed by atoms with E-state index in [2.05, 4.69) is 10.2 Å². The number of benzene rings is 1. The number of nitro benzene ring substituents is 1. The Morgan fingerprint density at radius 1 is 1.38 bits per heavy atom. The summed E-state index contributed by atoms with van der Waals surface area (Å²) < 4.78 is 0.